The van der Waals surface area contributed by atoms with Crippen molar-refractivity contribution in [3.05, 3.63) is 60.7 Å². The highest BCUT2D eigenvalue weighted by Gasteiger charge is 2.30. The van der Waals surface area contributed by atoms with Gasteiger partial charge in [0.15, 0.2) is 0 Å². The van der Waals surface area contributed by atoms with E-state index in [-0.39, 0.29) is 0 Å². The summed E-state index contributed by atoms with van der Waals surface area (Å²) in [5, 5.41) is 4.17. The van der Waals surface area contributed by atoms with E-state index in [0.717, 1.165) is 17.8 Å². The Hall–Kier alpha value is -2.63. The van der Waals surface area contributed by atoms with Crippen LogP contribution in [0.15, 0.2) is 55.1 Å². The molecule has 0 aliphatic rings. The molecule has 2 heterocycles. The molecule has 0 fully saturated rings. The maximum atomic E-state index is 12.8. The molecule has 0 aliphatic heterocycles. The number of pyridine rings is 2. The Morgan fingerprint density at radius 1 is 0.905 bits per heavy atom. The fourth-order valence-electron chi connectivity index (χ4n) is 2.03. The van der Waals surface area contributed by atoms with Gasteiger partial charge < -0.3 is 5.32 Å². The summed E-state index contributed by atoms with van der Waals surface area (Å²) in [6, 6.07) is 7.06. The van der Waals surface area contributed by atoms with Crippen molar-refractivity contribution in [2.45, 2.75) is 6.18 Å². The molecule has 0 amide bonds. The summed E-state index contributed by atoms with van der Waals surface area (Å²) in [5.41, 5.74) is 0.570. The first-order valence-electron chi connectivity index (χ1n) is 6.16. The van der Waals surface area contributed by atoms with Crippen LogP contribution in [0.4, 0.5) is 24.5 Å². The molecule has 3 aromatic rings. The Bertz CT molecular complexity index is 770. The van der Waals surface area contributed by atoms with Crippen LogP contribution in [0, 0.1) is 0 Å². The van der Waals surface area contributed by atoms with Gasteiger partial charge in [0.2, 0.25) is 0 Å². The highest BCUT2D eigenvalue weighted by atomic mass is 19.4. The van der Waals surface area contributed by atoms with Crippen LogP contribution in [-0.2, 0) is 6.18 Å². The number of benzene rings is 1. The summed E-state index contributed by atoms with van der Waals surface area (Å²) in [7, 11) is 0. The summed E-state index contributed by atoms with van der Waals surface area (Å²) in [5.74, 6) is 0. The van der Waals surface area contributed by atoms with Gasteiger partial charge in [0.05, 0.1) is 17.4 Å². The van der Waals surface area contributed by atoms with Gasteiger partial charge in [-0.1, -0.05) is 6.07 Å². The van der Waals surface area contributed by atoms with Gasteiger partial charge in [0.1, 0.15) is 0 Å². The fourth-order valence-corrected chi connectivity index (χ4v) is 2.03. The quantitative estimate of drug-likeness (QED) is 0.760. The normalized spacial score (nSPS) is 11.6. The molecule has 0 bridgehead atoms. The van der Waals surface area contributed by atoms with Crippen molar-refractivity contribution in [2.24, 2.45) is 0 Å². The number of nitrogens with one attached hydrogen (secondary N) is 1. The molecule has 21 heavy (non-hydrogen) atoms. The number of aromatic nitrogens is 2. The molecule has 0 unspecified atom stereocenters. The Labute approximate surface area is 118 Å². The van der Waals surface area contributed by atoms with Gasteiger partial charge in [0, 0.05) is 35.1 Å². The molecule has 6 heteroatoms. The second kappa shape index (κ2) is 5.05. The zero-order valence-electron chi connectivity index (χ0n) is 10.7. The number of rotatable bonds is 2. The predicted molar refractivity (Wildman–Crippen MR) is 74.3 cm³/mol. The number of halogens is 3. The number of hydrogen-bond acceptors (Lipinski definition) is 3. The van der Waals surface area contributed by atoms with E-state index in [1.54, 1.807) is 24.5 Å². The van der Waals surface area contributed by atoms with Gasteiger partial charge in [-0.3, -0.25) is 9.97 Å². The Balaban J connectivity index is 2.10. The maximum absolute atomic E-state index is 12.8. The van der Waals surface area contributed by atoms with Crippen LogP contribution in [0.25, 0.3) is 10.8 Å². The topological polar surface area (TPSA) is 37.8 Å². The molecule has 0 atom stereocenters. The molecule has 0 radical (unpaired) electrons. The third-order valence-electron chi connectivity index (χ3n) is 3.05. The van der Waals surface area contributed by atoms with Crippen LogP contribution in [-0.4, -0.2) is 9.97 Å². The van der Waals surface area contributed by atoms with E-state index in [1.807, 2.05) is 0 Å². The minimum absolute atomic E-state index is 0.469. The highest BCUT2D eigenvalue weighted by Crippen LogP contribution is 2.33. The molecule has 1 aromatic carbocycles. The molecule has 0 saturated carbocycles. The van der Waals surface area contributed by atoms with Gasteiger partial charge in [0.25, 0.3) is 0 Å². The van der Waals surface area contributed by atoms with Gasteiger partial charge in [-0.15, -0.1) is 0 Å². The van der Waals surface area contributed by atoms with Crippen LogP contribution in [0.1, 0.15) is 5.56 Å². The van der Waals surface area contributed by atoms with E-state index >= 15 is 0 Å². The molecular weight excluding hydrogens is 279 g/mol. The van der Waals surface area contributed by atoms with Gasteiger partial charge in [-0.25, -0.2) is 0 Å². The number of fused-ring (bicyclic) bond motifs is 1. The van der Waals surface area contributed by atoms with E-state index in [4.69, 9.17) is 0 Å². The van der Waals surface area contributed by atoms with Crippen molar-refractivity contribution in [3.8, 4) is 0 Å². The Kier molecular flexibility index (Phi) is 3.21. The molecule has 106 valence electrons. The first-order valence-corrected chi connectivity index (χ1v) is 6.16. The molecular formula is C15H10F3N3. The number of alkyl halides is 3. The van der Waals surface area contributed by atoms with Crippen molar-refractivity contribution in [1.29, 1.82) is 0 Å². The smallest absolute Gasteiger partial charge is 0.354 e. The first kappa shape index (κ1) is 13.4. The molecule has 3 rings (SSSR count). The lowest BCUT2D eigenvalue weighted by Crippen LogP contribution is -2.04. The second-order valence-electron chi connectivity index (χ2n) is 4.48. The summed E-state index contributed by atoms with van der Waals surface area (Å²) < 4.78 is 38.5. The fraction of sp³-hybridized carbons (Fsp3) is 0.0667. The van der Waals surface area contributed by atoms with E-state index in [1.165, 1.54) is 18.5 Å². The van der Waals surface area contributed by atoms with Gasteiger partial charge >= 0.3 is 6.18 Å². The average Bonchev–Trinajstić information content (AvgIpc) is 2.47. The SMILES string of the molecule is FC(F)(F)c1ccc2cncc(Nc3ccncc3)c2c1. The Morgan fingerprint density at radius 3 is 2.38 bits per heavy atom. The number of nitrogens with zero attached hydrogens (tertiary/aromatic N) is 2. The van der Waals surface area contributed by atoms with E-state index in [9.17, 15) is 13.2 Å². The van der Waals surface area contributed by atoms with E-state index in [0.29, 0.717) is 16.5 Å². The third kappa shape index (κ3) is 2.79. The van der Waals surface area contributed by atoms with E-state index in [2.05, 4.69) is 15.3 Å². The lowest BCUT2D eigenvalue weighted by Gasteiger charge is -2.12. The largest absolute Gasteiger partial charge is 0.416 e. The highest BCUT2D eigenvalue weighted by molar-refractivity contribution is 5.94. The van der Waals surface area contributed by atoms with Crippen LogP contribution < -0.4 is 5.32 Å². The monoisotopic (exact) mass is 289 g/mol. The molecule has 0 saturated heterocycles. The average molecular weight is 289 g/mol. The van der Waals surface area contributed by atoms with Crippen LogP contribution >= 0.6 is 0 Å². The Morgan fingerprint density at radius 2 is 1.67 bits per heavy atom. The lowest BCUT2D eigenvalue weighted by atomic mass is 10.1. The maximum Gasteiger partial charge on any atom is 0.416 e. The summed E-state index contributed by atoms with van der Waals surface area (Å²) in [6.07, 6.45) is 1.87. The van der Waals surface area contributed by atoms with Crippen LogP contribution in [0.5, 0.6) is 0 Å². The summed E-state index contributed by atoms with van der Waals surface area (Å²) in [4.78, 5) is 7.93. The second-order valence-corrected chi connectivity index (χ2v) is 4.48. The molecule has 0 spiro atoms. The number of anilines is 2. The van der Waals surface area contributed by atoms with Crippen LogP contribution in [0.3, 0.4) is 0 Å². The summed E-state index contributed by atoms with van der Waals surface area (Å²) in [6.45, 7) is 0. The molecule has 3 nitrogen and oxygen atoms in total. The first-order chi connectivity index (χ1) is 10.0. The predicted octanol–water partition coefficient (Wildman–Crippen LogP) is 4.39. The minimum atomic E-state index is -4.37. The zero-order chi connectivity index (χ0) is 14.9. The van der Waals surface area contributed by atoms with Crippen molar-refractivity contribution >= 4 is 22.1 Å². The minimum Gasteiger partial charge on any atom is -0.354 e. The van der Waals surface area contributed by atoms with Crippen molar-refractivity contribution in [3.63, 3.8) is 0 Å². The zero-order valence-corrected chi connectivity index (χ0v) is 10.7. The van der Waals surface area contributed by atoms with E-state index < -0.39 is 11.7 Å². The van der Waals surface area contributed by atoms with Gasteiger partial charge in [-0.05, 0) is 24.3 Å². The molecule has 1 N–H and O–H groups in total. The third-order valence-corrected chi connectivity index (χ3v) is 3.05. The van der Waals surface area contributed by atoms with Gasteiger partial charge in [-0.2, -0.15) is 13.2 Å². The standard InChI is InChI=1S/C15H10F3N3/c16-15(17,18)11-2-1-10-8-20-9-14(13(10)7-11)21-12-3-5-19-6-4-12/h1-9H,(H,19,21). The molecule has 2 aromatic heterocycles. The lowest BCUT2D eigenvalue weighted by molar-refractivity contribution is -0.137. The molecule has 0 aliphatic carbocycles. The summed E-state index contributed by atoms with van der Waals surface area (Å²) >= 11 is 0. The van der Waals surface area contributed by atoms with Crippen molar-refractivity contribution in [1.82, 2.24) is 9.97 Å². The number of hydrogen-bond donors (Lipinski definition) is 1. The van der Waals surface area contributed by atoms with Crippen molar-refractivity contribution in [2.75, 3.05) is 5.32 Å². The van der Waals surface area contributed by atoms with Crippen LogP contribution in [0.2, 0.25) is 0 Å². The van der Waals surface area contributed by atoms with Crippen molar-refractivity contribution < 1.29 is 13.2 Å².